The van der Waals surface area contributed by atoms with Gasteiger partial charge >= 0.3 is 5.97 Å². The van der Waals surface area contributed by atoms with Crippen molar-refractivity contribution in [1.29, 1.82) is 0 Å². The molecule has 0 saturated heterocycles. The van der Waals surface area contributed by atoms with Crippen LogP contribution in [-0.2, 0) is 27.2 Å². The van der Waals surface area contributed by atoms with E-state index in [1.54, 1.807) is 20.8 Å². The quantitative estimate of drug-likeness (QED) is 0.246. The van der Waals surface area contributed by atoms with Gasteiger partial charge in [-0.1, -0.05) is 42.5 Å². The SMILES string of the molecule is C=Cc1cc2c(c(C)c1/C=C(\C)C1CC1)CC(C(=C)C(C=O)C(=O)OC(C)(C)C)C2. The third-order valence-corrected chi connectivity index (χ3v) is 6.34. The molecule has 3 rings (SSSR count). The van der Waals surface area contributed by atoms with Crippen LogP contribution in [0.2, 0.25) is 0 Å². The summed E-state index contributed by atoms with van der Waals surface area (Å²) in [5, 5.41) is 0. The predicted octanol–water partition coefficient (Wildman–Crippen LogP) is 5.88. The van der Waals surface area contributed by atoms with Gasteiger partial charge in [0, 0.05) is 0 Å². The molecule has 0 N–H and O–H groups in total. The number of allylic oxidation sites excluding steroid dienone is 1. The van der Waals surface area contributed by atoms with Crippen LogP contribution in [0.1, 0.15) is 68.4 Å². The maximum absolute atomic E-state index is 12.5. The van der Waals surface area contributed by atoms with E-state index >= 15 is 0 Å². The van der Waals surface area contributed by atoms with Crippen molar-refractivity contribution in [3.63, 3.8) is 0 Å². The van der Waals surface area contributed by atoms with Crippen LogP contribution < -0.4 is 0 Å². The number of aldehydes is 1. The Morgan fingerprint density at radius 3 is 2.43 bits per heavy atom. The number of hydrogen-bond donors (Lipinski definition) is 0. The van der Waals surface area contributed by atoms with E-state index in [0.29, 0.717) is 11.9 Å². The summed E-state index contributed by atoms with van der Waals surface area (Å²) in [5.74, 6) is -0.641. The minimum atomic E-state index is -0.917. The first-order valence-corrected chi connectivity index (χ1v) is 10.9. The molecule has 2 aliphatic carbocycles. The molecule has 1 fully saturated rings. The summed E-state index contributed by atoms with van der Waals surface area (Å²) in [6.07, 6.45) is 9.08. The van der Waals surface area contributed by atoms with Crippen LogP contribution in [0.4, 0.5) is 0 Å². The Morgan fingerprint density at radius 1 is 1.23 bits per heavy atom. The van der Waals surface area contributed by atoms with Gasteiger partial charge in [0.25, 0.3) is 0 Å². The highest BCUT2D eigenvalue weighted by atomic mass is 16.6. The molecule has 0 aliphatic heterocycles. The smallest absolute Gasteiger partial charge is 0.320 e. The lowest BCUT2D eigenvalue weighted by molar-refractivity contribution is -0.159. The summed E-state index contributed by atoms with van der Waals surface area (Å²) < 4.78 is 5.45. The van der Waals surface area contributed by atoms with Gasteiger partial charge in [-0.05, 0) is 100.0 Å². The van der Waals surface area contributed by atoms with Crippen LogP contribution in [-0.4, -0.2) is 17.9 Å². The molecule has 0 bridgehead atoms. The van der Waals surface area contributed by atoms with Gasteiger partial charge in [0.1, 0.15) is 17.8 Å². The van der Waals surface area contributed by atoms with Crippen LogP contribution in [0.25, 0.3) is 12.2 Å². The van der Waals surface area contributed by atoms with Crippen LogP contribution in [0.5, 0.6) is 0 Å². The van der Waals surface area contributed by atoms with E-state index in [1.165, 1.54) is 40.7 Å². The monoisotopic (exact) mass is 406 g/mol. The van der Waals surface area contributed by atoms with Gasteiger partial charge in [-0.2, -0.15) is 0 Å². The van der Waals surface area contributed by atoms with Crippen molar-refractivity contribution in [3.05, 3.63) is 58.2 Å². The van der Waals surface area contributed by atoms with Crippen LogP contribution in [0.15, 0.2) is 30.4 Å². The zero-order valence-electron chi connectivity index (χ0n) is 19.0. The minimum Gasteiger partial charge on any atom is -0.459 e. The number of carbonyl (C=O) groups excluding carboxylic acids is 2. The summed E-state index contributed by atoms with van der Waals surface area (Å²) in [6.45, 7) is 18.0. The van der Waals surface area contributed by atoms with Crippen molar-refractivity contribution in [2.45, 2.75) is 65.9 Å². The van der Waals surface area contributed by atoms with Crippen molar-refractivity contribution in [2.75, 3.05) is 0 Å². The van der Waals surface area contributed by atoms with Gasteiger partial charge in [-0.15, -0.1) is 0 Å². The third-order valence-electron chi connectivity index (χ3n) is 6.34. The number of hydrogen-bond acceptors (Lipinski definition) is 3. The molecule has 1 aromatic rings. The molecule has 160 valence electrons. The zero-order chi connectivity index (χ0) is 22.2. The predicted molar refractivity (Wildman–Crippen MR) is 123 cm³/mol. The first-order chi connectivity index (χ1) is 14.1. The van der Waals surface area contributed by atoms with Crippen molar-refractivity contribution >= 4 is 24.4 Å². The van der Waals surface area contributed by atoms with Gasteiger partial charge in [-0.25, -0.2) is 0 Å². The van der Waals surface area contributed by atoms with Crippen LogP contribution >= 0.6 is 0 Å². The molecule has 0 spiro atoms. The Hall–Kier alpha value is -2.42. The fourth-order valence-electron chi connectivity index (χ4n) is 4.44. The fraction of sp³-hybridized carbons (Fsp3) is 0.481. The topological polar surface area (TPSA) is 43.4 Å². The van der Waals surface area contributed by atoms with E-state index < -0.39 is 17.5 Å². The molecule has 0 amide bonds. The lowest BCUT2D eigenvalue weighted by Gasteiger charge is -2.24. The van der Waals surface area contributed by atoms with E-state index in [0.717, 1.165) is 24.3 Å². The Kier molecular flexibility index (Phi) is 6.21. The molecule has 3 nitrogen and oxygen atoms in total. The zero-order valence-corrected chi connectivity index (χ0v) is 19.0. The molecule has 0 aromatic heterocycles. The molecule has 0 heterocycles. The molecule has 30 heavy (non-hydrogen) atoms. The van der Waals surface area contributed by atoms with Crippen LogP contribution in [0, 0.1) is 24.7 Å². The lowest BCUT2D eigenvalue weighted by Crippen LogP contribution is -2.31. The highest BCUT2D eigenvalue weighted by molar-refractivity contribution is 5.91. The highest BCUT2D eigenvalue weighted by Crippen LogP contribution is 2.41. The maximum atomic E-state index is 12.5. The molecule has 3 heteroatoms. The maximum Gasteiger partial charge on any atom is 0.320 e. The van der Waals surface area contributed by atoms with Crippen molar-refractivity contribution in [1.82, 2.24) is 0 Å². The van der Waals surface area contributed by atoms with Crippen molar-refractivity contribution in [2.24, 2.45) is 17.8 Å². The minimum absolute atomic E-state index is 0.0582. The Bertz CT molecular complexity index is 922. The second-order valence-corrected chi connectivity index (χ2v) is 9.84. The van der Waals surface area contributed by atoms with E-state index in [2.05, 4.69) is 39.1 Å². The van der Waals surface area contributed by atoms with E-state index in [-0.39, 0.29) is 5.92 Å². The van der Waals surface area contributed by atoms with Crippen molar-refractivity contribution in [3.8, 4) is 0 Å². The number of esters is 1. The van der Waals surface area contributed by atoms with Gasteiger partial charge in [0.15, 0.2) is 0 Å². The largest absolute Gasteiger partial charge is 0.459 e. The Labute approximate surface area is 180 Å². The Balaban J connectivity index is 1.87. The number of fused-ring (bicyclic) bond motifs is 1. The van der Waals surface area contributed by atoms with E-state index in [1.807, 2.05) is 6.08 Å². The summed E-state index contributed by atoms with van der Waals surface area (Å²) in [7, 11) is 0. The number of carbonyl (C=O) groups is 2. The number of ether oxygens (including phenoxy) is 1. The summed E-state index contributed by atoms with van der Waals surface area (Å²) in [4.78, 5) is 24.3. The van der Waals surface area contributed by atoms with Crippen molar-refractivity contribution < 1.29 is 14.3 Å². The Morgan fingerprint density at radius 2 is 1.90 bits per heavy atom. The number of benzene rings is 1. The summed E-state index contributed by atoms with van der Waals surface area (Å²) in [5.41, 5.74) is 7.71. The van der Waals surface area contributed by atoms with Gasteiger partial charge in [-0.3, -0.25) is 4.79 Å². The molecular weight excluding hydrogens is 372 g/mol. The molecule has 1 saturated carbocycles. The second-order valence-electron chi connectivity index (χ2n) is 9.84. The number of rotatable bonds is 7. The fourth-order valence-corrected chi connectivity index (χ4v) is 4.44. The van der Waals surface area contributed by atoms with Crippen LogP contribution in [0.3, 0.4) is 0 Å². The second kappa shape index (κ2) is 8.37. The van der Waals surface area contributed by atoms with E-state index in [9.17, 15) is 9.59 Å². The third kappa shape index (κ3) is 4.66. The van der Waals surface area contributed by atoms with Gasteiger partial charge < -0.3 is 9.53 Å². The van der Waals surface area contributed by atoms with E-state index in [4.69, 9.17) is 4.74 Å². The van der Waals surface area contributed by atoms with Gasteiger partial charge in [0.05, 0.1) is 0 Å². The first kappa shape index (κ1) is 22.3. The standard InChI is InChI=1S/C27H34O3/c1-8-19-12-22-13-21(17(3)25(15-28)26(29)30-27(5,6)7)14-24(22)18(4)23(19)11-16(2)20-9-10-20/h8,11-12,15,20-21,25H,1,3,9-10,13-14H2,2,4-7H3/b16-11+. The molecule has 2 atom stereocenters. The lowest BCUT2D eigenvalue weighted by atomic mass is 9.87. The molecule has 1 aromatic carbocycles. The highest BCUT2D eigenvalue weighted by Gasteiger charge is 2.35. The summed E-state index contributed by atoms with van der Waals surface area (Å²) >= 11 is 0. The molecular formula is C27H34O3. The molecule has 2 aliphatic rings. The van der Waals surface area contributed by atoms with Gasteiger partial charge in [0.2, 0.25) is 0 Å². The first-order valence-electron chi connectivity index (χ1n) is 10.9. The summed E-state index contributed by atoms with van der Waals surface area (Å²) in [6, 6.07) is 2.22. The average Bonchev–Trinajstić information content (AvgIpc) is 3.42. The molecule has 2 unspecified atom stereocenters. The normalized spacial score (nSPS) is 19.8. The average molecular weight is 407 g/mol. The molecule has 0 radical (unpaired) electrons.